The molecule has 26 heavy (non-hydrogen) atoms. The van der Waals surface area contributed by atoms with Crippen LogP contribution in [0.1, 0.15) is 12.8 Å². The lowest BCUT2D eigenvalue weighted by molar-refractivity contribution is -0.120. The van der Waals surface area contributed by atoms with E-state index in [1.54, 1.807) is 24.3 Å². The van der Waals surface area contributed by atoms with Gasteiger partial charge in [-0.1, -0.05) is 0 Å². The number of hydrogen-bond donors (Lipinski definition) is 3. The Hall–Kier alpha value is -2.42. The molecule has 1 unspecified atom stereocenters. The molecule has 2 aromatic rings. The quantitative estimate of drug-likeness (QED) is 0.741. The fourth-order valence-electron chi connectivity index (χ4n) is 2.76. The van der Waals surface area contributed by atoms with Gasteiger partial charge in [0, 0.05) is 12.2 Å². The highest BCUT2D eigenvalue weighted by Crippen LogP contribution is 2.24. The van der Waals surface area contributed by atoms with Gasteiger partial charge in [0.1, 0.15) is 11.5 Å². The Morgan fingerprint density at radius 3 is 2.23 bits per heavy atom. The third-order valence-corrected chi connectivity index (χ3v) is 5.11. The molecule has 0 bridgehead atoms. The topological polar surface area (TPSA) is 111 Å². The predicted molar refractivity (Wildman–Crippen MR) is 98.6 cm³/mol. The second-order valence-corrected chi connectivity index (χ2v) is 7.74. The first-order valence-electron chi connectivity index (χ1n) is 8.34. The zero-order chi connectivity index (χ0) is 18.6. The SMILES string of the molecule is NS(=O)(=O)c1ccc(Oc2ccc(NC(=O)C3CCCNC3)cc2)cc1. The Labute approximate surface area is 152 Å². The molecule has 1 atom stereocenters. The van der Waals surface area contributed by atoms with Crippen LogP contribution in [-0.2, 0) is 14.8 Å². The van der Waals surface area contributed by atoms with Crippen molar-refractivity contribution in [1.82, 2.24) is 5.32 Å². The highest BCUT2D eigenvalue weighted by Gasteiger charge is 2.20. The zero-order valence-corrected chi connectivity index (χ0v) is 15.0. The largest absolute Gasteiger partial charge is 0.457 e. The van der Waals surface area contributed by atoms with E-state index >= 15 is 0 Å². The van der Waals surface area contributed by atoms with Gasteiger partial charge in [0.2, 0.25) is 15.9 Å². The summed E-state index contributed by atoms with van der Waals surface area (Å²) in [5.41, 5.74) is 0.706. The minimum Gasteiger partial charge on any atom is -0.457 e. The molecular weight excluding hydrogens is 354 g/mol. The summed E-state index contributed by atoms with van der Waals surface area (Å²) < 4.78 is 28.1. The lowest BCUT2D eigenvalue weighted by Crippen LogP contribution is -2.37. The van der Waals surface area contributed by atoms with Gasteiger partial charge in [0.05, 0.1) is 10.8 Å². The van der Waals surface area contributed by atoms with Gasteiger partial charge in [0.25, 0.3) is 0 Å². The summed E-state index contributed by atoms with van der Waals surface area (Å²) in [7, 11) is -3.72. The smallest absolute Gasteiger partial charge is 0.238 e. The van der Waals surface area contributed by atoms with E-state index in [1.165, 1.54) is 24.3 Å². The number of sulfonamides is 1. The van der Waals surface area contributed by atoms with E-state index in [2.05, 4.69) is 10.6 Å². The number of hydrogen-bond acceptors (Lipinski definition) is 5. The van der Waals surface area contributed by atoms with E-state index in [-0.39, 0.29) is 16.7 Å². The molecule has 7 nitrogen and oxygen atoms in total. The van der Waals surface area contributed by atoms with E-state index < -0.39 is 10.0 Å². The molecule has 0 aliphatic carbocycles. The Bertz CT molecular complexity index is 858. The molecule has 1 heterocycles. The first kappa shape index (κ1) is 18.4. The van der Waals surface area contributed by atoms with E-state index in [9.17, 15) is 13.2 Å². The maximum absolute atomic E-state index is 12.2. The van der Waals surface area contributed by atoms with Crippen molar-refractivity contribution >= 4 is 21.6 Å². The van der Waals surface area contributed by atoms with Crippen LogP contribution in [0.5, 0.6) is 11.5 Å². The summed E-state index contributed by atoms with van der Waals surface area (Å²) >= 11 is 0. The molecule has 0 saturated carbocycles. The third-order valence-electron chi connectivity index (χ3n) is 4.18. The number of benzene rings is 2. The summed E-state index contributed by atoms with van der Waals surface area (Å²) in [4.78, 5) is 12.2. The van der Waals surface area contributed by atoms with Crippen molar-refractivity contribution in [2.24, 2.45) is 11.1 Å². The number of amides is 1. The van der Waals surface area contributed by atoms with Crippen molar-refractivity contribution in [3.63, 3.8) is 0 Å². The van der Waals surface area contributed by atoms with E-state index in [0.29, 0.717) is 23.7 Å². The van der Waals surface area contributed by atoms with Gasteiger partial charge in [-0.2, -0.15) is 0 Å². The molecule has 1 aliphatic heterocycles. The van der Waals surface area contributed by atoms with Gasteiger partial charge in [-0.15, -0.1) is 0 Å². The van der Waals surface area contributed by atoms with Crippen LogP contribution in [0.4, 0.5) is 5.69 Å². The summed E-state index contributed by atoms with van der Waals surface area (Å²) in [6.07, 6.45) is 1.91. The molecule has 1 aliphatic rings. The van der Waals surface area contributed by atoms with E-state index in [1.807, 2.05) is 0 Å². The Morgan fingerprint density at radius 2 is 1.69 bits per heavy atom. The third kappa shape index (κ3) is 4.81. The molecule has 138 valence electrons. The van der Waals surface area contributed by atoms with Crippen molar-refractivity contribution in [2.45, 2.75) is 17.7 Å². The van der Waals surface area contributed by atoms with E-state index in [4.69, 9.17) is 9.88 Å². The van der Waals surface area contributed by atoms with Gasteiger partial charge in [0.15, 0.2) is 0 Å². The molecule has 8 heteroatoms. The number of piperidine rings is 1. The number of carbonyl (C=O) groups is 1. The lowest BCUT2D eigenvalue weighted by Gasteiger charge is -2.21. The van der Waals surface area contributed by atoms with Crippen molar-refractivity contribution in [3.05, 3.63) is 48.5 Å². The molecule has 1 amide bonds. The van der Waals surface area contributed by atoms with Crippen LogP contribution in [0, 0.1) is 5.92 Å². The Balaban J connectivity index is 1.59. The number of carbonyl (C=O) groups excluding carboxylic acids is 1. The summed E-state index contributed by atoms with van der Waals surface area (Å²) in [6, 6.07) is 12.8. The number of anilines is 1. The Morgan fingerprint density at radius 1 is 1.08 bits per heavy atom. The van der Waals surface area contributed by atoms with Crippen molar-refractivity contribution < 1.29 is 17.9 Å². The van der Waals surface area contributed by atoms with Crippen LogP contribution < -0.4 is 20.5 Å². The zero-order valence-electron chi connectivity index (χ0n) is 14.1. The number of nitrogens with one attached hydrogen (secondary N) is 2. The average Bonchev–Trinajstić information content (AvgIpc) is 2.64. The highest BCUT2D eigenvalue weighted by molar-refractivity contribution is 7.89. The van der Waals surface area contributed by atoms with Crippen LogP contribution in [0.3, 0.4) is 0 Å². The molecule has 4 N–H and O–H groups in total. The van der Waals surface area contributed by atoms with Crippen LogP contribution >= 0.6 is 0 Å². The fraction of sp³-hybridized carbons (Fsp3) is 0.278. The maximum atomic E-state index is 12.2. The minimum absolute atomic E-state index is 0.00276. The fourth-order valence-corrected chi connectivity index (χ4v) is 3.28. The van der Waals surface area contributed by atoms with Gasteiger partial charge in [-0.25, -0.2) is 13.6 Å². The lowest BCUT2D eigenvalue weighted by atomic mass is 9.99. The molecule has 3 rings (SSSR count). The molecule has 0 aromatic heterocycles. The first-order valence-corrected chi connectivity index (χ1v) is 9.89. The summed E-state index contributed by atoms with van der Waals surface area (Å²) in [5, 5.41) is 11.2. The van der Waals surface area contributed by atoms with E-state index in [0.717, 1.165) is 19.4 Å². The molecule has 1 fully saturated rings. The molecule has 1 saturated heterocycles. The number of rotatable bonds is 5. The number of ether oxygens (including phenoxy) is 1. The molecular formula is C18H21N3O4S. The predicted octanol–water partition coefficient (Wildman–Crippen LogP) is 2.06. The van der Waals surface area contributed by atoms with Gasteiger partial charge < -0.3 is 15.4 Å². The van der Waals surface area contributed by atoms with Gasteiger partial charge in [-0.3, -0.25) is 4.79 Å². The first-order chi connectivity index (χ1) is 12.4. The standard InChI is InChI=1S/C18H21N3O4S/c19-26(23,24)17-9-7-16(8-10-17)25-15-5-3-14(4-6-15)21-18(22)13-2-1-11-20-12-13/h3-10,13,20H,1-2,11-12H2,(H,21,22)(H2,19,23,24). The normalized spacial score (nSPS) is 17.5. The average molecular weight is 375 g/mol. The highest BCUT2D eigenvalue weighted by atomic mass is 32.2. The monoisotopic (exact) mass is 375 g/mol. The van der Waals surface area contributed by atoms with Crippen LogP contribution in [-0.4, -0.2) is 27.4 Å². The second kappa shape index (κ2) is 7.86. The van der Waals surface area contributed by atoms with Crippen LogP contribution in [0.2, 0.25) is 0 Å². The summed E-state index contributed by atoms with van der Waals surface area (Å²) in [5.74, 6) is 1.08. The maximum Gasteiger partial charge on any atom is 0.238 e. The number of nitrogens with two attached hydrogens (primary N) is 1. The van der Waals surface area contributed by atoms with Crippen molar-refractivity contribution in [3.8, 4) is 11.5 Å². The van der Waals surface area contributed by atoms with Gasteiger partial charge in [-0.05, 0) is 67.9 Å². The minimum atomic E-state index is -3.72. The molecule has 2 aromatic carbocycles. The van der Waals surface area contributed by atoms with Crippen molar-refractivity contribution in [2.75, 3.05) is 18.4 Å². The number of primary sulfonamides is 1. The van der Waals surface area contributed by atoms with Gasteiger partial charge >= 0.3 is 0 Å². The van der Waals surface area contributed by atoms with Crippen LogP contribution in [0.25, 0.3) is 0 Å². The second-order valence-electron chi connectivity index (χ2n) is 6.18. The molecule has 0 radical (unpaired) electrons. The van der Waals surface area contributed by atoms with Crippen LogP contribution in [0.15, 0.2) is 53.4 Å². The van der Waals surface area contributed by atoms with Crippen molar-refractivity contribution in [1.29, 1.82) is 0 Å². The summed E-state index contributed by atoms with van der Waals surface area (Å²) in [6.45, 7) is 1.68. The Kier molecular flexibility index (Phi) is 5.55. The molecule has 0 spiro atoms.